The first-order valence-corrected chi connectivity index (χ1v) is 9.14. The van der Waals surface area contributed by atoms with E-state index in [0.29, 0.717) is 17.9 Å². The molecule has 146 valence electrons. The zero-order chi connectivity index (χ0) is 20.4. The van der Waals surface area contributed by atoms with E-state index in [9.17, 15) is 9.59 Å². The number of fused-ring (bicyclic) bond motifs is 1. The van der Waals surface area contributed by atoms with E-state index in [1.54, 1.807) is 31.1 Å². The van der Waals surface area contributed by atoms with Crippen LogP contribution in [0.5, 0.6) is 0 Å². The largest absolute Gasteiger partial charge is 0.459 e. The molecule has 2 heterocycles. The van der Waals surface area contributed by atoms with Crippen LogP contribution in [-0.2, 0) is 6.54 Å². The molecule has 0 bridgehead atoms. The number of nitrogens with one attached hydrogen (secondary N) is 1. The topological polar surface area (TPSA) is 80.4 Å². The van der Waals surface area contributed by atoms with Crippen molar-refractivity contribution in [1.82, 2.24) is 14.7 Å². The first-order valence-electron chi connectivity index (χ1n) is 9.14. The summed E-state index contributed by atoms with van der Waals surface area (Å²) in [5.74, 6) is 0.312. The van der Waals surface area contributed by atoms with Crippen molar-refractivity contribution in [3.8, 4) is 0 Å². The number of benzene rings is 2. The molecular formula is C22H20N4O3. The van der Waals surface area contributed by atoms with E-state index >= 15 is 0 Å². The predicted molar refractivity (Wildman–Crippen MR) is 110 cm³/mol. The van der Waals surface area contributed by atoms with Gasteiger partial charge in [-0.1, -0.05) is 24.3 Å². The second-order valence-corrected chi connectivity index (χ2v) is 6.85. The summed E-state index contributed by atoms with van der Waals surface area (Å²) in [6.45, 7) is 0.508. The van der Waals surface area contributed by atoms with Gasteiger partial charge in [-0.15, -0.1) is 0 Å². The Kier molecular flexibility index (Phi) is 4.87. The highest BCUT2D eigenvalue weighted by molar-refractivity contribution is 6.06. The number of aromatic nitrogens is 2. The molecule has 0 aliphatic rings. The number of para-hydroxylation sites is 1. The SMILES string of the molecule is CN(C)C(=O)c1ccc(Cn2nc(NC(=O)c3ccco3)c3ccccc32)cc1. The van der Waals surface area contributed by atoms with Gasteiger partial charge in [0.15, 0.2) is 11.6 Å². The lowest BCUT2D eigenvalue weighted by Gasteiger charge is -2.10. The lowest BCUT2D eigenvalue weighted by atomic mass is 10.1. The van der Waals surface area contributed by atoms with Gasteiger partial charge in [-0.25, -0.2) is 0 Å². The Balaban J connectivity index is 1.61. The minimum absolute atomic E-state index is 0.0380. The third-order valence-corrected chi connectivity index (χ3v) is 4.57. The predicted octanol–water partition coefficient (Wildman–Crippen LogP) is 3.63. The maximum absolute atomic E-state index is 12.4. The van der Waals surface area contributed by atoms with Gasteiger partial charge < -0.3 is 14.6 Å². The first kappa shape index (κ1) is 18.5. The highest BCUT2D eigenvalue weighted by Gasteiger charge is 2.16. The number of amides is 2. The molecule has 0 aliphatic heterocycles. The summed E-state index contributed by atoms with van der Waals surface area (Å²) in [5.41, 5.74) is 2.53. The summed E-state index contributed by atoms with van der Waals surface area (Å²) in [6.07, 6.45) is 1.45. The Morgan fingerprint density at radius 1 is 1.03 bits per heavy atom. The van der Waals surface area contributed by atoms with E-state index in [4.69, 9.17) is 4.42 Å². The third kappa shape index (κ3) is 3.75. The van der Waals surface area contributed by atoms with E-state index in [-0.39, 0.29) is 17.6 Å². The van der Waals surface area contributed by atoms with Crippen molar-refractivity contribution in [2.24, 2.45) is 0 Å². The fraction of sp³-hybridized carbons (Fsp3) is 0.136. The molecule has 0 fully saturated rings. The van der Waals surface area contributed by atoms with Gasteiger partial charge in [-0.3, -0.25) is 14.3 Å². The van der Waals surface area contributed by atoms with E-state index in [0.717, 1.165) is 16.5 Å². The van der Waals surface area contributed by atoms with Crippen molar-refractivity contribution in [2.45, 2.75) is 6.54 Å². The molecule has 0 unspecified atom stereocenters. The summed E-state index contributed by atoms with van der Waals surface area (Å²) in [5, 5.41) is 8.24. The quantitative estimate of drug-likeness (QED) is 0.566. The lowest BCUT2D eigenvalue weighted by molar-refractivity contribution is 0.0827. The molecule has 7 heteroatoms. The fourth-order valence-electron chi connectivity index (χ4n) is 3.10. The van der Waals surface area contributed by atoms with Crippen molar-refractivity contribution in [2.75, 3.05) is 19.4 Å². The molecule has 0 aliphatic carbocycles. The summed E-state index contributed by atoms with van der Waals surface area (Å²) in [4.78, 5) is 26.0. The molecule has 2 aromatic heterocycles. The second-order valence-electron chi connectivity index (χ2n) is 6.85. The van der Waals surface area contributed by atoms with Crippen LogP contribution in [0.2, 0.25) is 0 Å². The number of carbonyl (C=O) groups excluding carboxylic acids is 2. The number of hydrogen-bond donors (Lipinski definition) is 1. The number of carbonyl (C=O) groups is 2. The molecule has 2 aromatic carbocycles. The van der Waals surface area contributed by atoms with E-state index in [1.807, 2.05) is 53.2 Å². The molecule has 7 nitrogen and oxygen atoms in total. The minimum Gasteiger partial charge on any atom is -0.459 e. The molecule has 1 N–H and O–H groups in total. The lowest BCUT2D eigenvalue weighted by Crippen LogP contribution is -2.21. The average molecular weight is 388 g/mol. The molecule has 0 radical (unpaired) electrons. The molecule has 29 heavy (non-hydrogen) atoms. The van der Waals surface area contributed by atoms with E-state index in [1.165, 1.54) is 6.26 Å². The monoisotopic (exact) mass is 388 g/mol. The number of hydrogen-bond acceptors (Lipinski definition) is 4. The van der Waals surface area contributed by atoms with Crippen molar-refractivity contribution >= 4 is 28.5 Å². The van der Waals surface area contributed by atoms with Crippen LogP contribution in [0, 0.1) is 0 Å². The Hall–Kier alpha value is -3.87. The summed E-state index contributed by atoms with van der Waals surface area (Å²) >= 11 is 0. The molecule has 0 saturated heterocycles. The number of nitrogens with zero attached hydrogens (tertiary/aromatic N) is 3. The average Bonchev–Trinajstić information content (AvgIpc) is 3.37. The summed E-state index contributed by atoms with van der Waals surface area (Å²) < 4.78 is 6.98. The summed E-state index contributed by atoms with van der Waals surface area (Å²) in [7, 11) is 3.45. The van der Waals surface area contributed by atoms with E-state index in [2.05, 4.69) is 10.4 Å². The first-order chi connectivity index (χ1) is 14.0. The van der Waals surface area contributed by atoms with Gasteiger partial charge in [0.25, 0.3) is 11.8 Å². The van der Waals surface area contributed by atoms with Crippen LogP contribution in [0.15, 0.2) is 71.3 Å². The van der Waals surface area contributed by atoms with Gasteiger partial charge in [-0.05, 0) is 42.0 Å². The normalized spacial score (nSPS) is 10.8. The molecule has 0 saturated carbocycles. The number of anilines is 1. The number of furan rings is 1. The van der Waals surface area contributed by atoms with Crippen LogP contribution in [0.25, 0.3) is 10.9 Å². The van der Waals surface area contributed by atoms with Crippen LogP contribution in [-0.4, -0.2) is 40.6 Å². The van der Waals surface area contributed by atoms with Crippen molar-refractivity contribution in [3.63, 3.8) is 0 Å². The molecular weight excluding hydrogens is 368 g/mol. The van der Waals surface area contributed by atoms with Gasteiger partial charge in [0, 0.05) is 25.0 Å². The number of rotatable bonds is 5. The Bertz CT molecular complexity index is 1160. The maximum Gasteiger partial charge on any atom is 0.292 e. The fourth-order valence-corrected chi connectivity index (χ4v) is 3.10. The summed E-state index contributed by atoms with van der Waals surface area (Å²) in [6, 6.07) is 18.4. The molecule has 0 atom stereocenters. The van der Waals surface area contributed by atoms with Gasteiger partial charge >= 0.3 is 0 Å². The molecule has 0 spiro atoms. The zero-order valence-electron chi connectivity index (χ0n) is 16.1. The highest BCUT2D eigenvalue weighted by atomic mass is 16.3. The standard InChI is InChI=1S/C22H20N4O3/c1-25(2)22(28)16-11-9-15(10-12-16)14-26-18-7-4-3-6-17(18)20(24-26)23-21(27)19-8-5-13-29-19/h3-13H,14H2,1-2H3,(H,23,24,27). The Labute approximate surface area is 167 Å². The van der Waals surface area contributed by atoms with Gasteiger partial charge in [-0.2, -0.15) is 5.10 Å². The van der Waals surface area contributed by atoms with Gasteiger partial charge in [0.1, 0.15) is 0 Å². The van der Waals surface area contributed by atoms with Crippen LogP contribution >= 0.6 is 0 Å². The van der Waals surface area contributed by atoms with Crippen LogP contribution in [0.3, 0.4) is 0 Å². The highest BCUT2D eigenvalue weighted by Crippen LogP contribution is 2.24. The van der Waals surface area contributed by atoms with Crippen molar-refractivity contribution in [3.05, 3.63) is 83.8 Å². The second kappa shape index (κ2) is 7.63. The van der Waals surface area contributed by atoms with Crippen molar-refractivity contribution < 1.29 is 14.0 Å². The molecule has 4 rings (SSSR count). The maximum atomic E-state index is 12.4. The zero-order valence-corrected chi connectivity index (χ0v) is 16.1. The van der Waals surface area contributed by atoms with Gasteiger partial charge in [0.05, 0.1) is 18.3 Å². The van der Waals surface area contributed by atoms with Gasteiger partial charge in [0.2, 0.25) is 0 Å². The van der Waals surface area contributed by atoms with E-state index < -0.39 is 0 Å². The Morgan fingerprint density at radius 2 is 1.79 bits per heavy atom. The third-order valence-electron chi connectivity index (χ3n) is 4.57. The van der Waals surface area contributed by atoms with Crippen LogP contribution in [0.4, 0.5) is 5.82 Å². The Morgan fingerprint density at radius 3 is 2.48 bits per heavy atom. The molecule has 2 amide bonds. The van der Waals surface area contributed by atoms with Crippen molar-refractivity contribution in [1.29, 1.82) is 0 Å². The van der Waals surface area contributed by atoms with Crippen LogP contribution in [0.1, 0.15) is 26.5 Å². The molecule has 4 aromatic rings. The van der Waals surface area contributed by atoms with Crippen LogP contribution < -0.4 is 5.32 Å². The smallest absolute Gasteiger partial charge is 0.292 e. The minimum atomic E-state index is -0.350.